The van der Waals surface area contributed by atoms with Crippen LogP contribution in [0.3, 0.4) is 0 Å². The number of ether oxygens (including phenoxy) is 2. The van der Waals surface area contributed by atoms with Gasteiger partial charge in [0.2, 0.25) is 5.88 Å². The molecule has 0 radical (unpaired) electrons. The number of hydrogen-bond donors (Lipinski definition) is 1. The van der Waals surface area contributed by atoms with Crippen molar-refractivity contribution in [1.29, 1.82) is 0 Å². The molecule has 1 aromatic heterocycles. The number of carbonyl (C=O) groups excluding carboxylic acids is 2. The summed E-state index contributed by atoms with van der Waals surface area (Å²) in [6.45, 7) is 5.24. The number of anilines is 1. The van der Waals surface area contributed by atoms with Crippen molar-refractivity contribution in [2.75, 3.05) is 37.7 Å². The molecule has 1 atom stereocenters. The minimum Gasteiger partial charge on any atom is -0.465 e. The van der Waals surface area contributed by atoms with Crippen molar-refractivity contribution in [3.05, 3.63) is 41.4 Å². The van der Waals surface area contributed by atoms with E-state index in [2.05, 4.69) is 15.3 Å². The lowest BCUT2D eigenvalue weighted by molar-refractivity contribution is -0.141. The van der Waals surface area contributed by atoms with Gasteiger partial charge in [-0.15, -0.1) is 0 Å². The molecule has 3 rings (SSSR count). The van der Waals surface area contributed by atoms with E-state index in [1.54, 1.807) is 17.9 Å². The number of aromatic nitrogens is 2. The van der Waals surface area contributed by atoms with Crippen molar-refractivity contribution in [3.63, 3.8) is 0 Å². The lowest BCUT2D eigenvalue weighted by Gasteiger charge is -2.40. The number of piperazine rings is 1. The van der Waals surface area contributed by atoms with Crippen LogP contribution in [-0.4, -0.2) is 65.7 Å². The number of halogens is 2. The lowest BCUT2D eigenvalue weighted by atomic mass is 10.2. The fourth-order valence-electron chi connectivity index (χ4n) is 3.15. The van der Waals surface area contributed by atoms with Gasteiger partial charge in [0.25, 0.3) is 0 Å². The van der Waals surface area contributed by atoms with E-state index in [0.29, 0.717) is 31.2 Å². The molecule has 11 heteroatoms. The number of rotatable bonds is 6. The molecule has 166 valence electrons. The van der Waals surface area contributed by atoms with Gasteiger partial charge in [0, 0.05) is 37.8 Å². The van der Waals surface area contributed by atoms with Crippen LogP contribution in [0.2, 0.25) is 5.02 Å². The van der Waals surface area contributed by atoms with Gasteiger partial charge in [-0.1, -0.05) is 11.6 Å². The average Bonchev–Trinajstić information content (AvgIpc) is 2.75. The van der Waals surface area contributed by atoms with Gasteiger partial charge in [-0.3, -0.25) is 4.79 Å². The first kappa shape index (κ1) is 22.5. The van der Waals surface area contributed by atoms with Gasteiger partial charge in [-0.2, -0.15) is 0 Å². The van der Waals surface area contributed by atoms with E-state index >= 15 is 0 Å². The van der Waals surface area contributed by atoms with Crippen molar-refractivity contribution < 1.29 is 23.5 Å². The van der Waals surface area contributed by atoms with E-state index in [9.17, 15) is 14.0 Å². The summed E-state index contributed by atoms with van der Waals surface area (Å²) >= 11 is 5.78. The summed E-state index contributed by atoms with van der Waals surface area (Å²) in [5, 5.41) is 2.53. The molecule has 1 N–H and O–H groups in total. The van der Waals surface area contributed by atoms with E-state index in [1.807, 2.05) is 11.8 Å². The highest BCUT2D eigenvalue weighted by Crippen LogP contribution is 2.27. The van der Waals surface area contributed by atoms with Crippen molar-refractivity contribution in [3.8, 4) is 11.6 Å². The van der Waals surface area contributed by atoms with Gasteiger partial charge >= 0.3 is 12.0 Å². The molecule has 0 bridgehead atoms. The highest BCUT2D eigenvalue weighted by molar-refractivity contribution is 6.30. The Morgan fingerprint density at radius 1 is 1.29 bits per heavy atom. The standard InChI is InChI=1S/C20H23ClFN5O4/c1-3-30-19(28)10-23-20(29)27-7-6-26(11-13(27)2)17-9-18(25-12-24-17)31-14-4-5-16(22)15(21)8-14/h4-5,8-9,12-13H,3,6-7,10-11H2,1-2H3,(H,23,29). The summed E-state index contributed by atoms with van der Waals surface area (Å²) in [4.78, 5) is 35.8. The van der Waals surface area contributed by atoms with Gasteiger partial charge in [-0.05, 0) is 26.0 Å². The van der Waals surface area contributed by atoms with Gasteiger partial charge in [0.15, 0.2) is 0 Å². The zero-order valence-electron chi connectivity index (χ0n) is 17.2. The summed E-state index contributed by atoms with van der Waals surface area (Å²) in [6, 6.07) is 5.27. The zero-order valence-corrected chi connectivity index (χ0v) is 17.9. The van der Waals surface area contributed by atoms with Crippen LogP contribution in [0, 0.1) is 5.82 Å². The molecule has 0 saturated carbocycles. The molecule has 1 unspecified atom stereocenters. The molecule has 1 aliphatic heterocycles. The van der Waals surface area contributed by atoms with Crippen molar-refractivity contribution in [2.24, 2.45) is 0 Å². The Kier molecular flexibility index (Phi) is 7.45. The number of hydrogen-bond acceptors (Lipinski definition) is 7. The number of benzene rings is 1. The molecule has 0 aliphatic carbocycles. The Morgan fingerprint density at radius 2 is 2.10 bits per heavy atom. The van der Waals surface area contributed by atoms with E-state index in [-0.39, 0.29) is 36.1 Å². The van der Waals surface area contributed by atoms with Crippen LogP contribution < -0.4 is 15.0 Å². The molecule has 0 spiro atoms. The van der Waals surface area contributed by atoms with Crippen LogP contribution in [0.5, 0.6) is 11.6 Å². The molecule has 1 saturated heterocycles. The fraction of sp³-hybridized carbons (Fsp3) is 0.400. The quantitative estimate of drug-likeness (QED) is 0.674. The molecule has 2 aromatic rings. The van der Waals surface area contributed by atoms with Gasteiger partial charge in [-0.25, -0.2) is 19.2 Å². The molecule has 1 aliphatic rings. The van der Waals surface area contributed by atoms with E-state index in [0.717, 1.165) is 0 Å². The molecule has 2 amide bonds. The fourth-order valence-corrected chi connectivity index (χ4v) is 3.32. The molecular formula is C20H23ClFN5O4. The maximum Gasteiger partial charge on any atom is 0.325 e. The molecule has 1 fully saturated rings. The van der Waals surface area contributed by atoms with Crippen molar-refractivity contribution in [1.82, 2.24) is 20.2 Å². The van der Waals surface area contributed by atoms with Crippen LogP contribution in [0.1, 0.15) is 13.8 Å². The lowest BCUT2D eigenvalue weighted by Crippen LogP contribution is -2.57. The Balaban J connectivity index is 1.59. The first-order valence-electron chi connectivity index (χ1n) is 9.77. The minimum absolute atomic E-state index is 0.0436. The van der Waals surface area contributed by atoms with Crippen molar-refractivity contribution >= 4 is 29.4 Å². The average molecular weight is 452 g/mol. The number of nitrogens with zero attached hydrogens (tertiary/aromatic N) is 4. The summed E-state index contributed by atoms with van der Waals surface area (Å²) in [5.74, 6) is 0.271. The number of nitrogens with one attached hydrogen (secondary N) is 1. The normalized spacial score (nSPS) is 16.1. The van der Waals surface area contributed by atoms with Crippen LogP contribution >= 0.6 is 11.6 Å². The first-order valence-corrected chi connectivity index (χ1v) is 10.1. The number of urea groups is 1. The maximum atomic E-state index is 13.3. The molecule has 1 aromatic carbocycles. The van der Waals surface area contributed by atoms with Crippen LogP contribution in [0.25, 0.3) is 0 Å². The van der Waals surface area contributed by atoms with Gasteiger partial charge < -0.3 is 24.6 Å². The molecule has 9 nitrogen and oxygen atoms in total. The summed E-state index contributed by atoms with van der Waals surface area (Å²) in [5.41, 5.74) is 0. The smallest absolute Gasteiger partial charge is 0.325 e. The highest BCUT2D eigenvalue weighted by Gasteiger charge is 2.28. The monoisotopic (exact) mass is 451 g/mol. The Morgan fingerprint density at radius 3 is 2.81 bits per heavy atom. The second kappa shape index (κ2) is 10.3. The molecule has 31 heavy (non-hydrogen) atoms. The second-order valence-corrected chi connectivity index (χ2v) is 7.25. The first-order chi connectivity index (χ1) is 14.9. The third-order valence-corrected chi connectivity index (χ3v) is 4.93. The van der Waals surface area contributed by atoms with Gasteiger partial charge in [0.1, 0.15) is 30.3 Å². The Hall–Kier alpha value is -3.14. The molecule has 2 heterocycles. The largest absolute Gasteiger partial charge is 0.465 e. The third-order valence-electron chi connectivity index (χ3n) is 4.64. The van der Waals surface area contributed by atoms with E-state index < -0.39 is 11.8 Å². The Bertz CT molecular complexity index is 948. The predicted molar refractivity (Wildman–Crippen MR) is 112 cm³/mol. The topological polar surface area (TPSA) is 96.9 Å². The predicted octanol–water partition coefficient (Wildman–Crippen LogP) is 2.84. The summed E-state index contributed by atoms with van der Waals surface area (Å²) in [7, 11) is 0. The zero-order chi connectivity index (χ0) is 22.4. The van der Waals surface area contributed by atoms with Crippen LogP contribution in [-0.2, 0) is 9.53 Å². The second-order valence-electron chi connectivity index (χ2n) is 6.84. The van der Waals surface area contributed by atoms with Crippen LogP contribution in [0.4, 0.5) is 15.0 Å². The number of esters is 1. The number of amides is 2. The SMILES string of the molecule is CCOC(=O)CNC(=O)N1CCN(c2cc(Oc3ccc(F)c(Cl)c3)ncn2)CC1C. The van der Waals surface area contributed by atoms with Crippen LogP contribution in [0.15, 0.2) is 30.6 Å². The van der Waals surface area contributed by atoms with Gasteiger partial charge in [0.05, 0.1) is 11.6 Å². The summed E-state index contributed by atoms with van der Waals surface area (Å²) < 4.78 is 23.8. The maximum absolute atomic E-state index is 13.3. The summed E-state index contributed by atoms with van der Waals surface area (Å²) in [6.07, 6.45) is 1.37. The van der Waals surface area contributed by atoms with E-state index in [1.165, 1.54) is 24.5 Å². The Labute approximate surface area is 184 Å². The molecular weight excluding hydrogens is 429 g/mol. The van der Waals surface area contributed by atoms with E-state index in [4.69, 9.17) is 21.1 Å². The highest BCUT2D eigenvalue weighted by atomic mass is 35.5. The number of carbonyl (C=O) groups is 2. The van der Waals surface area contributed by atoms with Crippen molar-refractivity contribution in [2.45, 2.75) is 19.9 Å². The minimum atomic E-state index is -0.532. The third kappa shape index (κ3) is 5.94.